The Morgan fingerprint density at radius 1 is 1.12 bits per heavy atom. The molecule has 3 heteroatoms. The average Bonchev–Trinajstić information content (AvgIpc) is 2.59. The molecule has 0 fully saturated rings. The highest BCUT2D eigenvalue weighted by atomic mass is 16.6. The van der Waals surface area contributed by atoms with E-state index in [4.69, 9.17) is 4.74 Å². The molecule has 128 valence electrons. The molecule has 1 atom stereocenters. The Hall–Kier alpha value is -2.81. The van der Waals surface area contributed by atoms with Crippen LogP contribution in [0, 0.1) is 0 Å². The van der Waals surface area contributed by atoms with Gasteiger partial charge in [0.15, 0.2) is 0 Å². The first-order chi connectivity index (χ1) is 11.9. The Labute approximate surface area is 149 Å². The van der Waals surface area contributed by atoms with Crippen molar-refractivity contribution in [3.8, 4) is 0 Å². The van der Waals surface area contributed by atoms with E-state index in [0.29, 0.717) is 5.56 Å². The van der Waals surface area contributed by atoms with Crippen molar-refractivity contribution in [3.05, 3.63) is 77.4 Å². The summed E-state index contributed by atoms with van der Waals surface area (Å²) in [5.74, 6) is -0.296. The van der Waals surface area contributed by atoms with Crippen molar-refractivity contribution in [3.63, 3.8) is 0 Å². The second-order valence-corrected chi connectivity index (χ2v) is 7.10. The maximum atomic E-state index is 12.2. The van der Waals surface area contributed by atoms with Crippen molar-refractivity contribution in [2.75, 3.05) is 5.32 Å². The molecule has 1 heterocycles. The van der Waals surface area contributed by atoms with Crippen molar-refractivity contribution >= 4 is 23.8 Å². The Morgan fingerprint density at radius 2 is 1.88 bits per heavy atom. The molecular formula is C22H23NO2. The molecule has 0 amide bonds. The third kappa shape index (κ3) is 4.60. The zero-order valence-electron chi connectivity index (χ0n) is 14.8. The fourth-order valence-electron chi connectivity index (χ4n) is 2.62. The van der Waals surface area contributed by atoms with Crippen molar-refractivity contribution in [1.29, 1.82) is 0 Å². The highest BCUT2D eigenvalue weighted by molar-refractivity contribution is 5.92. The van der Waals surface area contributed by atoms with Gasteiger partial charge in [-0.05, 0) is 50.1 Å². The van der Waals surface area contributed by atoms with Crippen LogP contribution in [0.2, 0.25) is 0 Å². The zero-order valence-corrected chi connectivity index (χ0v) is 14.8. The quantitative estimate of drug-likeness (QED) is 0.788. The Balaban J connectivity index is 1.72. The number of fused-ring (bicyclic) bond motifs is 1. The topological polar surface area (TPSA) is 38.3 Å². The van der Waals surface area contributed by atoms with Crippen LogP contribution in [0.5, 0.6) is 0 Å². The van der Waals surface area contributed by atoms with Crippen LogP contribution >= 0.6 is 0 Å². The Morgan fingerprint density at radius 3 is 2.60 bits per heavy atom. The van der Waals surface area contributed by atoms with E-state index in [1.807, 2.05) is 57.2 Å². The van der Waals surface area contributed by atoms with Crippen LogP contribution in [0.15, 0.2) is 60.7 Å². The smallest absolute Gasteiger partial charge is 0.338 e. The lowest BCUT2D eigenvalue weighted by Crippen LogP contribution is -2.24. The number of hydrogen-bond acceptors (Lipinski definition) is 3. The number of carbonyl (C=O) groups excluding carboxylic acids is 1. The summed E-state index contributed by atoms with van der Waals surface area (Å²) in [6.45, 7) is 5.61. The van der Waals surface area contributed by atoms with Crippen LogP contribution in [-0.4, -0.2) is 17.6 Å². The second-order valence-electron chi connectivity index (χ2n) is 7.10. The molecule has 0 aromatic heterocycles. The molecule has 25 heavy (non-hydrogen) atoms. The average molecular weight is 333 g/mol. The first-order valence-corrected chi connectivity index (χ1v) is 8.46. The second kappa shape index (κ2) is 6.98. The van der Waals surface area contributed by atoms with Crippen molar-refractivity contribution in [2.24, 2.45) is 0 Å². The largest absolute Gasteiger partial charge is 0.456 e. The fourth-order valence-corrected chi connectivity index (χ4v) is 2.62. The lowest BCUT2D eigenvalue weighted by Gasteiger charge is -2.22. The van der Waals surface area contributed by atoms with E-state index in [9.17, 15) is 4.79 Å². The van der Waals surface area contributed by atoms with Gasteiger partial charge in [0.1, 0.15) is 5.60 Å². The van der Waals surface area contributed by atoms with Crippen LogP contribution in [-0.2, 0) is 4.74 Å². The number of nitrogens with one attached hydrogen (secondary N) is 1. The van der Waals surface area contributed by atoms with Gasteiger partial charge in [-0.25, -0.2) is 4.79 Å². The van der Waals surface area contributed by atoms with E-state index < -0.39 is 5.60 Å². The molecule has 0 aliphatic carbocycles. The Kier molecular flexibility index (Phi) is 4.75. The predicted molar refractivity (Wildman–Crippen MR) is 104 cm³/mol. The maximum Gasteiger partial charge on any atom is 0.338 e. The van der Waals surface area contributed by atoms with Crippen molar-refractivity contribution in [2.45, 2.75) is 32.4 Å². The summed E-state index contributed by atoms with van der Waals surface area (Å²) in [6, 6.07) is 15.9. The minimum absolute atomic E-state index is 0.125. The van der Waals surface area contributed by atoms with E-state index in [1.165, 1.54) is 5.56 Å². The molecule has 1 N–H and O–H groups in total. The van der Waals surface area contributed by atoms with Gasteiger partial charge in [-0.3, -0.25) is 0 Å². The maximum absolute atomic E-state index is 12.2. The normalized spacial score (nSPS) is 16.4. The zero-order chi connectivity index (χ0) is 17.9. The molecule has 2 aromatic carbocycles. The fraction of sp³-hybridized carbons (Fsp3) is 0.227. The highest BCUT2D eigenvalue weighted by Crippen LogP contribution is 2.26. The third-order valence-electron chi connectivity index (χ3n) is 3.79. The molecule has 0 unspecified atom stereocenters. The van der Waals surface area contributed by atoms with Crippen molar-refractivity contribution in [1.82, 2.24) is 0 Å². The van der Waals surface area contributed by atoms with Gasteiger partial charge >= 0.3 is 5.97 Å². The summed E-state index contributed by atoms with van der Waals surface area (Å²) >= 11 is 0. The molecule has 0 saturated heterocycles. The monoisotopic (exact) mass is 333 g/mol. The number of carbonyl (C=O) groups is 1. The van der Waals surface area contributed by atoms with Gasteiger partial charge in [-0.15, -0.1) is 0 Å². The number of ether oxygens (including phenoxy) is 1. The van der Waals surface area contributed by atoms with Gasteiger partial charge in [0.05, 0.1) is 11.6 Å². The van der Waals surface area contributed by atoms with Gasteiger partial charge in [-0.2, -0.15) is 0 Å². The SMILES string of the molecule is CC(C)(C)OC(=O)c1ccc2c(c1)C=C[C@@H](/C=C/c1ccccc1)N2. The molecule has 1 aliphatic heterocycles. The van der Waals surface area contributed by atoms with Gasteiger partial charge in [-0.1, -0.05) is 54.6 Å². The van der Waals surface area contributed by atoms with Gasteiger partial charge in [0, 0.05) is 5.69 Å². The summed E-state index contributed by atoms with van der Waals surface area (Å²) in [5, 5.41) is 3.46. The highest BCUT2D eigenvalue weighted by Gasteiger charge is 2.19. The lowest BCUT2D eigenvalue weighted by atomic mass is 10.0. The molecule has 0 saturated carbocycles. The van der Waals surface area contributed by atoms with E-state index in [-0.39, 0.29) is 12.0 Å². The first kappa shape index (κ1) is 17.0. The molecule has 0 spiro atoms. The molecule has 0 bridgehead atoms. The minimum atomic E-state index is -0.492. The van der Waals surface area contributed by atoms with Crippen LogP contribution in [0.1, 0.15) is 42.3 Å². The van der Waals surface area contributed by atoms with Crippen LogP contribution < -0.4 is 5.32 Å². The number of benzene rings is 2. The summed E-state index contributed by atoms with van der Waals surface area (Å²) in [5.41, 5.74) is 3.25. The minimum Gasteiger partial charge on any atom is -0.456 e. The number of anilines is 1. The first-order valence-electron chi connectivity index (χ1n) is 8.46. The Bertz CT molecular complexity index is 814. The molecule has 1 aliphatic rings. The summed E-state index contributed by atoms with van der Waals surface area (Å²) < 4.78 is 5.43. The van der Waals surface area contributed by atoms with Gasteiger partial charge in [0.2, 0.25) is 0 Å². The van der Waals surface area contributed by atoms with Gasteiger partial charge in [0.25, 0.3) is 0 Å². The molecule has 0 radical (unpaired) electrons. The molecule has 3 rings (SSSR count). The summed E-state index contributed by atoms with van der Waals surface area (Å²) in [6.07, 6.45) is 8.35. The standard InChI is InChI=1S/C22H23NO2/c1-22(2,3)25-21(24)18-11-14-20-17(15-18)10-13-19(23-20)12-9-16-7-5-4-6-8-16/h4-15,19,23H,1-3H3/b12-9+/t19-/m1/s1. The van der Waals surface area contributed by atoms with Crippen molar-refractivity contribution < 1.29 is 9.53 Å². The van der Waals surface area contributed by atoms with E-state index in [1.54, 1.807) is 6.07 Å². The van der Waals surface area contributed by atoms with Crippen LogP contribution in [0.3, 0.4) is 0 Å². The van der Waals surface area contributed by atoms with E-state index in [0.717, 1.165) is 11.3 Å². The molecule has 2 aromatic rings. The van der Waals surface area contributed by atoms with E-state index in [2.05, 4.69) is 35.7 Å². The third-order valence-corrected chi connectivity index (χ3v) is 3.79. The van der Waals surface area contributed by atoms with Gasteiger partial charge < -0.3 is 10.1 Å². The van der Waals surface area contributed by atoms with E-state index >= 15 is 0 Å². The number of rotatable bonds is 3. The van der Waals surface area contributed by atoms with Crippen LogP contribution in [0.4, 0.5) is 5.69 Å². The van der Waals surface area contributed by atoms with Crippen LogP contribution in [0.25, 0.3) is 12.2 Å². The molecular weight excluding hydrogens is 310 g/mol. The summed E-state index contributed by atoms with van der Waals surface area (Å²) in [7, 11) is 0. The number of esters is 1. The predicted octanol–water partition coefficient (Wildman–Crippen LogP) is 5.16. The molecule has 3 nitrogen and oxygen atoms in total. The number of hydrogen-bond donors (Lipinski definition) is 1. The summed E-state index contributed by atoms with van der Waals surface area (Å²) in [4.78, 5) is 12.2. The lowest BCUT2D eigenvalue weighted by molar-refractivity contribution is 0.00695.